The lowest BCUT2D eigenvalue weighted by molar-refractivity contribution is -0.117. The predicted molar refractivity (Wildman–Crippen MR) is 78.4 cm³/mol. The van der Waals surface area contributed by atoms with Crippen LogP contribution >= 0.6 is 0 Å². The van der Waals surface area contributed by atoms with E-state index in [0.717, 1.165) is 42.7 Å². The largest absolute Gasteiger partial charge is 0.326 e. The first-order chi connectivity index (χ1) is 9.81. The van der Waals surface area contributed by atoms with E-state index in [1.165, 1.54) is 0 Å². The van der Waals surface area contributed by atoms with Crippen LogP contribution in [-0.4, -0.2) is 29.0 Å². The minimum absolute atomic E-state index is 0.0712. The molecule has 0 spiro atoms. The van der Waals surface area contributed by atoms with Crippen molar-refractivity contribution in [1.82, 2.24) is 15.3 Å². The number of amides is 1. The summed E-state index contributed by atoms with van der Waals surface area (Å²) in [5, 5.41) is 6.28. The van der Waals surface area contributed by atoms with Gasteiger partial charge in [0.1, 0.15) is 0 Å². The highest BCUT2D eigenvalue weighted by Gasteiger charge is 2.16. The van der Waals surface area contributed by atoms with E-state index in [1.54, 1.807) is 12.4 Å². The number of carbonyl (C=O) groups is 1. The Balaban J connectivity index is 1.64. The first-order valence-corrected chi connectivity index (χ1v) is 7.02. The van der Waals surface area contributed by atoms with Gasteiger partial charge in [0.15, 0.2) is 0 Å². The number of nitrogens with one attached hydrogen (secondary N) is 2. The Morgan fingerprint density at radius 2 is 2.15 bits per heavy atom. The van der Waals surface area contributed by atoms with Crippen LogP contribution in [0.4, 0.5) is 5.69 Å². The van der Waals surface area contributed by atoms with E-state index in [2.05, 4.69) is 20.6 Å². The molecule has 2 aromatic rings. The zero-order valence-corrected chi connectivity index (χ0v) is 11.3. The van der Waals surface area contributed by atoms with E-state index >= 15 is 0 Å². The number of fused-ring (bicyclic) bond motifs is 1. The second-order valence-corrected chi connectivity index (χ2v) is 5.22. The lowest BCUT2D eigenvalue weighted by atomic mass is 9.96. The Morgan fingerprint density at radius 3 is 2.95 bits per heavy atom. The lowest BCUT2D eigenvalue weighted by Crippen LogP contribution is -2.32. The van der Waals surface area contributed by atoms with E-state index < -0.39 is 0 Å². The van der Waals surface area contributed by atoms with Gasteiger partial charge in [0, 0.05) is 24.5 Å². The average molecular weight is 270 g/mol. The Kier molecular flexibility index (Phi) is 3.87. The van der Waals surface area contributed by atoms with Crippen LogP contribution in [0.25, 0.3) is 11.0 Å². The molecule has 2 heterocycles. The van der Waals surface area contributed by atoms with Crippen molar-refractivity contribution in [3.05, 3.63) is 30.6 Å². The van der Waals surface area contributed by atoms with Gasteiger partial charge in [-0.3, -0.25) is 14.8 Å². The Bertz CT molecular complexity index is 608. The fraction of sp³-hybridized carbons (Fsp3) is 0.400. The fourth-order valence-corrected chi connectivity index (χ4v) is 2.61. The zero-order chi connectivity index (χ0) is 13.8. The van der Waals surface area contributed by atoms with Crippen molar-refractivity contribution in [2.45, 2.75) is 19.3 Å². The molecule has 1 aliphatic rings. The molecular formula is C15H18N4O. The molecule has 0 aliphatic carbocycles. The minimum Gasteiger partial charge on any atom is -0.326 e. The van der Waals surface area contributed by atoms with Crippen LogP contribution in [0.2, 0.25) is 0 Å². The maximum Gasteiger partial charge on any atom is 0.224 e. The van der Waals surface area contributed by atoms with Crippen LogP contribution in [0.15, 0.2) is 30.6 Å². The van der Waals surface area contributed by atoms with Crippen LogP contribution < -0.4 is 10.6 Å². The second kappa shape index (κ2) is 5.96. The molecule has 1 aliphatic heterocycles. The van der Waals surface area contributed by atoms with E-state index in [-0.39, 0.29) is 5.91 Å². The number of aromatic nitrogens is 2. The van der Waals surface area contributed by atoms with Gasteiger partial charge in [-0.05, 0) is 50.0 Å². The maximum atomic E-state index is 12.0. The quantitative estimate of drug-likeness (QED) is 0.894. The SMILES string of the molecule is O=C(CC1CCCNC1)Nc1ccc2nccnc2c1. The van der Waals surface area contributed by atoms with Crippen molar-refractivity contribution >= 4 is 22.6 Å². The Hall–Kier alpha value is -2.01. The van der Waals surface area contributed by atoms with Crippen LogP contribution in [0.1, 0.15) is 19.3 Å². The molecule has 1 atom stereocenters. The number of hydrogen-bond donors (Lipinski definition) is 2. The highest BCUT2D eigenvalue weighted by Crippen LogP contribution is 2.18. The number of hydrogen-bond acceptors (Lipinski definition) is 4. The zero-order valence-electron chi connectivity index (χ0n) is 11.3. The Morgan fingerprint density at radius 1 is 1.30 bits per heavy atom. The van der Waals surface area contributed by atoms with Gasteiger partial charge in [0.25, 0.3) is 0 Å². The van der Waals surface area contributed by atoms with Crippen molar-refractivity contribution < 1.29 is 4.79 Å². The molecular weight excluding hydrogens is 252 g/mol. The average Bonchev–Trinajstić information content (AvgIpc) is 2.48. The summed E-state index contributed by atoms with van der Waals surface area (Å²) >= 11 is 0. The number of carbonyl (C=O) groups excluding carboxylic acids is 1. The summed E-state index contributed by atoms with van der Waals surface area (Å²) in [4.78, 5) is 20.5. The van der Waals surface area contributed by atoms with E-state index in [9.17, 15) is 4.79 Å². The summed E-state index contributed by atoms with van der Waals surface area (Å²) in [5.41, 5.74) is 2.42. The van der Waals surface area contributed by atoms with Crippen molar-refractivity contribution in [3.8, 4) is 0 Å². The monoisotopic (exact) mass is 270 g/mol. The molecule has 104 valence electrons. The molecule has 1 aromatic heterocycles. The van der Waals surface area contributed by atoms with Crippen molar-refractivity contribution in [2.24, 2.45) is 5.92 Å². The predicted octanol–water partition coefficient (Wildman–Crippen LogP) is 1.96. The maximum absolute atomic E-state index is 12.0. The van der Waals surface area contributed by atoms with Crippen LogP contribution in [0, 0.1) is 5.92 Å². The van der Waals surface area contributed by atoms with Gasteiger partial charge >= 0.3 is 0 Å². The van der Waals surface area contributed by atoms with Crippen molar-refractivity contribution in [3.63, 3.8) is 0 Å². The van der Waals surface area contributed by atoms with Gasteiger partial charge in [-0.1, -0.05) is 0 Å². The molecule has 1 amide bonds. The third-order valence-corrected chi connectivity index (χ3v) is 3.63. The second-order valence-electron chi connectivity index (χ2n) is 5.22. The minimum atomic E-state index is 0.0712. The Labute approximate surface area is 117 Å². The normalized spacial score (nSPS) is 18.9. The molecule has 1 fully saturated rings. The third-order valence-electron chi connectivity index (χ3n) is 3.63. The van der Waals surface area contributed by atoms with Gasteiger partial charge in [-0.2, -0.15) is 0 Å². The number of anilines is 1. The smallest absolute Gasteiger partial charge is 0.224 e. The van der Waals surface area contributed by atoms with Crippen molar-refractivity contribution in [2.75, 3.05) is 18.4 Å². The van der Waals surface area contributed by atoms with E-state index in [0.29, 0.717) is 12.3 Å². The number of nitrogens with zero attached hydrogens (tertiary/aromatic N) is 2. The first-order valence-electron chi connectivity index (χ1n) is 7.02. The summed E-state index contributed by atoms with van der Waals surface area (Å²) in [7, 11) is 0. The number of rotatable bonds is 3. The standard InChI is InChI=1S/C15H18N4O/c20-15(8-11-2-1-5-16-10-11)19-12-3-4-13-14(9-12)18-7-6-17-13/h3-4,6-7,9,11,16H,1-2,5,8,10H2,(H,19,20). The van der Waals surface area contributed by atoms with Gasteiger partial charge in [0.05, 0.1) is 11.0 Å². The fourth-order valence-electron chi connectivity index (χ4n) is 2.61. The molecule has 1 unspecified atom stereocenters. The highest BCUT2D eigenvalue weighted by atomic mass is 16.1. The molecule has 1 saturated heterocycles. The molecule has 2 N–H and O–H groups in total. The lowest BCUT2D eigenvalue weighted by Gasteiger charge is -2.22. The molecule has 5 heteroatoms. The van der Waals surface area contributed by atoms with Crippen LogP contribution in [0.3, 0.4) is 0 Å². The molecule has 0 radical (unpaired) electrons. The van der Waals surface area contributed by atoms with E-state index in [1.807, 2.05) is 18.2 Å². The molecule has 20 heavy (non-hydrogen) atoms. The first kappa shape index (κ1) is 13.0. The summed E-state index contributed by atoms with van der Waals surface area (Å²) in [6.45, 7) is 2.01. The topological polar surface area (TPSA) is 66.9 Å². The van der Waals surface area contributed by atoms with E-state index in [4.69, 9.17) is 0 Å². The molecule has 0 saturated carbocycles. The van der Waals surface area contributed by atoms with Crippen LogP contribution in [-0.2, 0) is 4.79 Å². The summed E-state index contributed by atoms with van der Waals surface area (Å²) in [6, 6.07) is 5.60. The van der Waals surface area contributed by atoms with Crippen molar-refractivity contribution in [1.29, 1.82) is 0 Å². The molecule has 0 bridgehead atoms. The molecule has 3 rings (SSSR count). The highest BCUT2D eigenvalue weighted by molar-refractivity contribution is 5.93. The van der Waals surface area contributed by atoms with Gasteiger partial charge in [-0.25, -0.2) is 0 Å². The third kappa shape index (κ3) is 3.11. The number of benzene rings is 1. The van der Waals surface area contributed by atoms with Crippen LogP contribution in [0.5, 0.6) is 0 Å². The summed E-state index contributed by atoms with van der Waals surface area (Å²) in [5.74, 6) is 0.519. The van der Waals surface area contributed by atoms with Gasteiger partial charge < -0.3 is 10.6 Å². The summed E-state index contributed by atoms with van der Waals surface area (Å²) in [6.07, 6.45) is 6.18. The van der Waals surface area contributed by atoms with Gasteiger partial charge in [-0.15, -0.1) is 0 Å². The summed E-state index contributed by atoms with van der Waals surface area (Å²) < 4.78 is 0. The van der Waals surface area contributed by atoms with Gasteiger partial charge in [0.2, 0.25) is 5.91 Å². The molecule has 1 aromatic carbocycles. The number of piperidine rings is 1. The molecule has 5 nitrogen and oxygen atoms in total.